The lowest BCUT2D eigenvalue weighted by molar-refractivity contribution is -0.127. The number of rotatable bonds is 6. The largest absolute Gasteiger partial charge is 0.342 e. The van der Waals surface area contributed by atoms with E-state index in [-0.39, 0.29) is 6.54 Å². The number of halogens is 1. The minimum atomic E-state index is -0.466. The maximum atomic E-state index is 13.0. The summed E-state index contributed by atoms with van der Waals surface area (Å²) >= 11 is 4.20. The van der Waals surface area contributed by atoms with Crippen LogP contribution in [0.5, 0.6) is 0 Å². The Kier molecular flexibility index (Phi) is 6.80. The smallest absolute Gasteiger partial charge is 0.294 e. The molecule has 4 aromatic rings. The van der Waals surface area contributed by atoms with Gasteiger partial charge in [-0.25, -0.2) is 0 Å². The standard InChI is InChI=1S/C28H22BrN3O3S/c1-18-6-8-19(9-7-18)15-31-16-20(23-4-2-3-5-24(23)31)14-25-27(34)32(28(35)36-25)17-26(33)30-22-12-10-21(29)11-13-22/h2-14,16H,15,17H2,1H3,(H,30,33)/b25-14-. The Hall–Kier alpha value is -3.62. The van der Waals surface area contributed by atoms with Crippen molar-refractivity contribution >= 4 is 67.4 Å². The third-order valence-corrected chi connectivity index (χ3v) is 7.32. The monoisotopic (exact) mass is 559 g/mol. The van der Waals surface area contributed by atoms with Crippen molar-refractivity contribution in [1.29, 1.82) is 0 Å². The van der Waals surface area contributed by atoms with Crippen LogP contribution in [0, 0.1) is 6.92 Å². The Bertz CT molecular complexity index is 1510. The molecule has 1 N–H and O–H groups in total. The lowest BCUT2D eigenvalue weighted by atomic mass is 10.1. The molecule has 2 heterocycles. The number of nitrogens with zero attached hydrogens (tertiary/aromatic N) is 2. The molecule has 1 aromatic heterocycles. The van der Waals surface area contributed by atoms with Gasteiger partial charge in [-0.05, 0) is 60.7 Å². The first-order valence-corrected chi connectivity index (χ1v) is 12.9. The number of amides is 3. The Labute approximate surface area is 221 Å². The lowest BCUT2D eigenvalue weighted by Gasteiger charge is -2.12. The highest BCUT2D eigenvalue weighted by Gasteiger charge is 2.36. The molecule has 1 aliphatic heterocycles. The van der Waals surface area contributed by atoms with Crippen LogP contribution in [0.2, 0.25) is 0 Å². The molecule has 36 heavy (non-hydrogen) atoms. The first-order chi connectivity index (χ1) is 17.4. The molecule has 0 unspecified atom stereocenters. The number of anilines is 1. The average Bonchev–Trinajstić information content (AvgIpc) is 3.34. The van der Waals surface area contributed by atoms with Crippen molar-refractivity contribution in [3.63, 3.8) is 0 Å². The van der Waals surface area contributed by atoms with E-state index in [9.17, 15) is 14.4 Å². The number of nitrogens with one attached hydrogen (secondary N) is 1. The molecule has 0 saturated carbocycles. The van der Waals surface area contributed by atoms with Crippen LogP contribution in [0.4, 0.5) is 10.5 Å². The topological polar surface area (TPSA) is 71.4 Å². The molecule has 0 radical (unpaired) electrons. The second-order valence-electron chi connectivity index (χ2n) is 8.54. The van der Waals surface area contributed by atoms with Crippen LogP contribution in [0.3, 0.4) is 0 Å². The fourth-order valence-corrected chi connectivity index (χ4v) is 5.16. The molecule has 3 aromatic carbocycles. The van der Waals surface area contributed by atoms with Crippen molar-refractivity contribution in [3.05, 3.63) is 105 Å². The van der Waals surface area contributed by atoms with Gasteiger partial charge in [-0.1, -0.05) is 64.0 Å². The summed E-state index contributed by atoms with van der Waals surface area (Å²) in [5, 5.41) is 3.25. The number of fused-ring (bicyclic) bond motifs is 1. The van der Waals surface area contributed by atoms with E-state index in [0.29, 0.717) is 17.1 Å². The van der Waals surface area contributed by atoms with Gasteiger partial charge in [0.1, 0.15) is 6.54 Å². The van der Waals surface area contributed by atoms with E-state index >= 15 is 0 Å². The van der Waals surface area contributed by atoms with Crippen LogP contribution < -0.4 is 5.32 Å². The Morgan fingerprint density at radius 1 is 1.00 bits per heavy atom. The minimum absolute atomic E-state index is 0.301. The molecule has 8 heteroatoms. The van der Waals surface area contributed by atoms with Crippen molar-refractivity contribution < 1.29 is 14.4 Å². The van der Waals surface area contributed by atoms with Gasteiger partial charge in [0.05, 0.1) is 4.91 Å². The van der Waals surface area contributed by atoms with Crippen LogP contribution in [0.15, 0.2) is 88.4 Å². The van der Waals surface area contributed by atoms with Crippen molar-refractivity contribution in [2.75, 3.05) is 11.9 Å². The number of carbonyl (C=O) groups excluding carboxylic acids is 3. The van der Waals surface area contributed by atoms with E-state index in [1.54, 1.807) is 30.3 Å². The molecule has 0 spiro atoms. The number of benzene rings is 3. The number of thioether (sulfide) groups is 1. The number of hydrogen-bond acceptors (Lipinski definition) is 4. The molecule has 0 aliphatic carbocycles. The quantitative estimate of drug-likeness (QED) is 0.276. The number of para-hydroxylation sites is 1. The molecule has 3 amide bonds. The van der Waals surface area contributed by atoms with Gasteiger partial charge in [0.15, 0.2) is 0 Å². The van der Waals surface area contributed by atoms with Crippen molar-refractivity contribution in [1.82, 2.24) is 9.47 Å². The van der Waals surface area contributed by atoms with Gasteiger partial charge in [-0.2, -0.15) is 0 Å². The van der Waals surface area contributed by atoms with E-state index in [1.165, 1.54) is 11.1 Å². The van der Waals surface area contributed by atoms with Crippen LogP contribution in [-0.4, -0.2) is 33.1 Å². The summed E-state index contributed by atoms with van der Waals surface area (Å²) < 4.78 is 3.03. The third-order valence-electron chi connectivity index (χ3n) is 5.88. The molecule has 1 fully saturated rings. The lowest BCUT2D eigenvalue weighted by Crippen LogP contribution is -2.36. The summed E-state index contributed by atoms with van der Waals surface area (Å²) in [6.45, 7) is 2.41. The van der Waals surface area contributed by atoms with Crippen molar-refractivity contribution in [2.24, 2.45) is 0 Å². The van der Waals surface area contributed by atoms with Crippen LogP contribution in [0.1, 0.15) is 16.7 Å². The molecule has 1 saturated heterocycles. The molecule has 180 valence electrons. The highest BCUT2D eigenvalue weighted by atomic mass is 79.9. The summed E-state index contributed by atoms with van der Waals surface area (Å²) in [4.78, 5) is 39.4. The van der Waals surface area contributed by atoms with Crippen LogP contribution >= 0.6 is 27.7 Å². The summed E-state index contributed by atoms with van der Waals surface area (Å²) in [7, 11) is 0. The van der Waals surface area contributed by atoms with Crippen LogP contribution in [-0.2, 0) is 16.1 Å². The van der Waals surface area contributed by atoms with Gasteiger partial charge in [-0.15, -0.1) is 0 Å². The molecule has 0 atom stereocenters. The Morgan fingerprint density at radius 3 is 2.47 bits per heavy atom. The first-order valence-electron chi connectivity index (χ1n) is 11.3. The second kappa shape index (κ2) is 10.2. The van der Waals surface area contributed by atoms with Gasteiger partial charge in [-0.3, -0.25) is 19.3 Å². The van der Waals surface area contributed by atoms with E-state index < -0.39 is 17.1 Å². The molecular formula is C28H22BrN3O3S. The van der Waals surface area contributed by atoms with Crippen LogP contribution in [0.25, 0.3) is 17.0 Å². The number of hydrogen-bond donors (Lipinski definition) is 1. The van der Waals surface area contributed by atoms with Gasteiger partial charge < -0.3 is 9.88 Å². The number of carbonyl (C=O) groups is 3. The predicted octanol–water partition coefficient (Wildman–Crippen LogP) is 6.44. The third kappa shape index (κ3) is 5.15. The maximum Gasteiger partial charge on any atom is 0.294 e. The minimum Gasteiger partial charge on any atom is -0.342 e. The van der Waals surface area contributed by atoms with Gasteiger partial charge in [0.2, 0.25) is 5.91 Å². The van der Waals surface area contributed by atoms with Gasteiger partial charge in [0, 0.05) is 39.4 Å². The Balaban J connectivity index is 1.36. The van der Waals surface area contributed by atoms with E-state index in [2.05, 4.69) is 57.0 Å². The number of imide groups is 1. The highest BCUT2D eigenvalue weighted by Crippen LogP contribution is 2.34. The number of aryl methyl sites for hydroxylation is 1. The summed E-state index contributed by atoms with van der Waals surface area (Å²) in [6.07, 6.45) is 3.74. The van der Waals surface area contributed by atoms with Crippen molar-refractivity contribution in [2.45, 2.75) is 13.5 Å². The molecule has 6 nitrogen and oxygen atoms in total. The predicted molar refractivity (Wildman–Crippen MR) is 148 cm³/mol. The van der Waals surface area contributed by atoms with Gasteiger partial charge in [0.25, 0.3) is 11.1 Å². The fraction of sp³-hybridized carbons (Fsp3) is 0.107. The maximum absolute atomic E-state index is 13.0. The molecule has 1 aliphatic rings. The van der Waals surface area contributed by atoms with E-state index in [1.807, 2.05) is 30.5 Å². The van der Waals surface area contributed by atoms with E-state index in [4.69, 9.17) is 0 Å². The normalized spacial score (nSPS) is 14.7. The fourth-order valence-electron chi connectivity index (χ4n) is 4.07. The average molecular weight is 560 g/mol. The summed E-state index contributed by atoms with van der Waals surface area (Å²) in [5.41, 5.74) is 4.86. The summed E-state index contributed by atoms with van der Waals surface area (Å²) in [6, 6.07) is 23.4. The second-order valence-corrected chi connectivity index (χ2v) is 10.4. The molecule has 0 bridgehead atoms. The zero-order valence-corrected chi connectivity index (χ0v) is 21.8. The SMILES string of the molecule is Cc1ccc(Cn2cc(/C=C3\SC(=O)N(CC(=O)Nc4ccc(Br)cc4)C3=O)c3ccccc32)cc1. The molecule has 5 rings (SSSR count). The molecular weight excluding hydrogens is 538 g/mol. The van der Waals surface area contributed by atoms with Crippen molar-refractivity contribution in [3.8, 4) is 0 Å². The number of aromatic nitrogens is 1. The zero-order chi connectivity index (χ0) is 25.2. The summed E-state index contributed by atoms with van der Waals surface area (Å²) in [5.74, 6) is -0.901. The Morgan fingerprint density at radius 2 is 1.72 bits per heavy atom. The zero-order valence-electron chi connectivity index (χ0n) is 19.4. The highest BCUT2D eigenvalue weighted by molar-refractivity contribution is 9.10. The van der Waals surface area contributed by atoms with Gasteiger partial charge >= 0.3 is 0 Å². The first kappa shape index (κ1) is 24.1. The van der Waals surface area contributed by atoms with E-state index in [0.717, 1.165) is 37.6 Å².